The summed E-state index contributed by atoms with van der Waals surface area (Å²) in [5.74, 6) is 0. The number of aromatic nitrogens is 1. The highest BCUT2D eigenvalue weighted by Crippen LogP contribution is 2.30. The summed E-state index contributed by atoms with van der Waals surface area (Å²) in [5.41, 5.74) is 6.56. The molecule has 1 aromatic carbocycles. The Hall–Kier alpha value is -0.590. The Kier molecular flexibility index (Phi) is 3.28. The summed E-state index contributed by atoms with van der Waals surface area (Å²) in [7, 11) is 0. The summed E-state index contributed by atoms with van der Waals surface area (Å²) in [6.45, 7) is 0. The Balaban J connectivity index is 2.24. The van der Waals surface area contributed by atoms with Gasteiger partial charge in [0.05, 0.1) is 11.9 Å². The molecule has 0 bridgehead atoms. The zero-order chi connectivity index (χ0) is 10.8. The van der Waals surface area contributed by atoms with E-state index in [2.05, 4.69) is 42.2 Å². The Bertz CT molecular complexity index is 484. The van der Waals surface area contributed by atoms with Gasteiger partial charge in [-0.15, -0.1) is 0 Å². The lowest BCUT2D eigenvalue weighted by Gasteiger charge is -2.05. The van der Waals surface area contributed by atoms with E-state index in [0.717, 1.165) is 19.8 Å². The highest BCUT2D eigenvalue weighted by atomic mass is 79.9. The second-order valence-corrected chi connectivity index (χ2v) is 5.65. The fraction of sp³-hybridized carbons (Fsp3) is 0. The number of rotatable bonds is 2. The molecule has 78 valence electrons. The number of nitrogens with zero attached hydrogens (tertiary/aromatic N) is 1. The van der Waals surface area contributed by atoms with Crippen LogP contribution in [-0.2, 0) is 0 Å². The normalized spacial score (nSPS) is 10.3. The summed E-state index contributed by atoms with van der Waals surface area (Å²) in [6, 6.07) is 5.90. The van der Waals surface area contributed by atoms with Gasteiger partial charge in [-0.2, -0.15) is 0 Å². The molecule has 0 saturated heterocycles. The third kappa shape index (κ3) is 2.70. The van der Waals surface area contributed by atoms with Crippen molar-refractivity contribution in [2.45, 2.75) is 0 Å². The minimum Gasteiger partial charge on any atom is -0.389 e. The first-order chi connectivity index (χ1) is 7.15. The van der Waals surface area contributed by atoms with Crippen molar-refractivity contribution in [2.75, 3.05) is 11.1 Å². The standard InChI is InChI=1S/C9H7Br2N3S/c10-5-1-2-7(6(11)3-5)14-9-13-4-8(12)15-9/h1-4H,12H2,(H,13,14). The van der Waals surface area contributed by atoms with Crippen molar-refractivity contribution in [2.24, 2.45) is 0 Å². The fourth-order valence-electron chi connectivity index (χ4n) is 1.05. The maximum absolute atomic E-state index is 5.59. The third-order valence-corrected chi connectivity index (χ3v) is 3.59. The average molecular weight is 349 g/mol. The van der Waals surface area contributed by atoms with E-state index < -0.39 is 0 Å². The quantitative estimate of drug-likeness (QED) is 0.862. The monoisotopic (exact) mass is 347 g/mol. The number of nitrogens with two attached hydrogens (primary N) is 1. The number of benzene rings is 1. The van der Waals surface area contributed by atoms with Gasteiger partial charge in [-0.25, -0.2) is 4.98 Å². The molecule has 0 radical (unpaired) electrons. The average Bonchev–Trinajstić information content (AvgIpc) is 2.56. The molecule has 0 fully saturated rings. The number of hydrogen-bond donors (Lipinski definition) is 2. The molecule has 1 aromatic heterocycles. The maximum atomic E-state index is 5.59. The number of nitrogen functional groups attached to an aromatic ring is 1. The van der Waals surface area contributed by atoms with Crippen LogP contribution >= 0.6 is 43.2 Å². The van der Waals surface area contributed by atoms with Crippen LogP contribution < -0.4 is 11.1 Å². The Labute approximate surface area is 108 Å². The molecule has 3 nitrogen and oxygen atoms in total. The zero-order valence-corrected chi connectivity index (χ0v) is 11.5. The van der Waals surface area contributed by atoms with Crippen LogP contribution in [0.25, 0.3) is 0 Å². The molecule has 15 heavy (non-hydrogen) atoms. The lowest BCUT2D eigenvalue weighted by atomic mass is 10.3. The van der Waals surface area contributed by atoms with Gasteiger partial charge in [-0.1, -0.05) is 27.3 Å². The van der Waals surface area contributed by atoms with Crippen LogP contribution in [0.5, 0.6) is 0 Å². The van der Waals surface area contributed by atoms with Gasteiger partial charge in [-0.3, -0.25) is 0 Å². The van der Waals surface area contributed by atoms with Gasteiger partial charge in [-0.05, 0) is 34.1 Å². The molecular weight excluding hydrogens is 342 g/mol. The van der Waals surface area contributed by atoms with E-state index in [1.54, 1.807) is 6.20 Å². The van der Waals surface area contributed by atoms with Crippen molar-refractivity contribution in [3.8, 4) is 0 Å². The SMILES string of the molecule is Nc1cnc(Nc2ccc(Br)cc2Br)s1. The van der Waals surface area contributed by atoms with Gasteiger partial charge in [0.1, 0.15) is 5.00 Å². The van der Waals surface area contributed by atoms with Crippen LogP contribution in [0.3, 0.4) is 0 Å². The van der Waals surface area contributed by atoms with Crippen molar-refractivity contribution >= 4 is 59.0 Å². The van der Waals surface area contributed by atoms with Crippen molar-refractivity contribution in [3.63, 3.8) is 0 Å². The number of halogens is 2. The first-order valence-corrected chi connectivity index (χ1v) is 6.49. The molecule has 0 spiro atoms. The summed E-state index contributed by atoms with van der Waals surface area (Å²) in [4.78, 5) is 4.12. The topological polar surface area (TPSA) is 50.9 Å². The molecule has 1 heterocycles. The molecule has 3 N–H and O–H groups in total. The summed E-state index contributed by atoms with van der Waals surface area (Å²) in [5, 5.41) is 4.67. The van der Waals surface area contributed by atoms with Gasteiger partial charge >= 0.3 is 0 Å². The molecule has 0 aliphatic rings. The molecule has 2 rings (SSSR count). The van der Waals surface area contributed by atoms with E-state index in [0.29, 0.717) is 5.00 Å². The third-order valence-electron chi connectivity index (χ3n) is 1.70. The molecule has 0 aliphatic carbocycles. The zero-order valence-electron chi connectivity index (χ0n) is 7.50. The van der Waals surface area contributed by atoms with Crippen molar-refractivity contribution in [1.82, 2.24) is 4.98 Å². The molecule has 2 aromatic rings. The van der Waals surface area contributed by atoms with Crippen molar-refractivity contribution in [1.29, 1.82) is 0 Å². The van der Waals surface area contributed by atoms with Crippen LogP contribution in [0, 0.1) is 0 Å². The molecule has 0 saturated carbocycles. The van der Waals surface area contributed by atoms with Gasteiger partial charge in [0.25, 0.3) is 0 Å². The van der Waals surface area contributed by atoms with E-state index in [1.807, 2.05) is 18.2 Å². The Morgan fingerprint density at radius 3 is 2.73 bits per heavy atom. The largest absolute Gasteiger partial charge is 0.389 e. The van der Waals surface area contributed by atoms with Crippen LogP contribution in [0.2, 0.25) is 0 Å². The van der Waals surface area contributed by atoms with Crippen molar-refractivity contribution in [3.05, 3.63) is 33.3 Å². The second kappa shape index (κ2) is 4.51. The highest BCUT2D eigenvalue weighted by Gasteiger charge is 2.03. The lowest BCUT2D eigenvalue weighted by Crippen LogP contribution is -1.89. The number of anilines is 3. The van der Waals surface area contributed by atoms with Gasteiger partial charge in [0, 0.05) is 8.95 Å². The van der Waals surface area contributed by atoms with Gasteiger partial charge < -0.3 is 11.1 Å². The number of hydrogen-bond acceptors (Lipinski definition) is 4. The minimum absolute atomic E-state index is 0.700. The number of thiazole rings is 1. The van der Waals surface area contributed by atoms with E-state index >= 15 is 0 Å². The first-order valence-electron chi connectivity index (χ1n) is 4.08. The molecular formula is C9H7Br2N3S. The summed E-state index contributed by atoms with van der Waals surface area (Å²) < 4.78 is 2.00. The first kappa shape index (κ1) is 10.9. The number of nitrogens with one attached hydrogen (secondary N) is 1. The lowest BCUT2D eigenvalue weighted by molar-refractivity contribution is 1.38. The van der Waals surface area contributed by atoms with Crippen LogP contribution in [0.1, 0.15) is 0 Å². The molecule has 0 aliphatic heterocycles. The second-order valence-electron chi connectivity index (χ2n) is 2.82. The van der Waals surface area contributed by atoms with E-state index in [4.69, 9.17) is 5.73 Å². The van der Waals surface area contributed by atoms with E-state index in [1.165, 1.54) is 11.3 Å². The summed E-state index contributed by atoms with van der Waals surface area (Å²) in [6.07, 6.45) is 1.64. The molecule has 0 atom stereocenters. The molecule has 0 unspecified atom stereocenters. The van der Waals surface area contributed by atoms with Crippen LogP contribution in [-0.4, -0.2) is 4.98 Å². The summed E-state index contributed by atoms with van der Waals surface area (Å²) >= 11 is 8.28. The highest BCUT2D eigenvalue weighted by molar-refractivity contribution is 9.11. The van der Waals surface area contributed by atoms with Gasteiger partial charge in [0.15, 0.2) is 5.13 Å². The van der Waals surface area contributed by atoms with Crippen LogP contribution in [0.4, 0.5) is 15.8 Å². The molecule has 0 amide bonds. The minimum atomic E-state index is 0.700. The Morgan fingerprint density at radius 1 is 1.33 bits per heavy atom. The fourth-order valence-corrected chi connectivity index (χ4v) is 2.79. The predicted octanol–water partition coefficient (Wildman–Crippen LogP) is 3.99. The Morgan fingerprint density at radius 2 is 2.13 bits per heavy atom. The van der Waals surface area contributed by atoms with E-state index in [9.17, 15) is 0 Å². The van der Waals surface area contributed by atoms with E-state index in [-0.39, 0.29) is 0 Å². The maximum Gasteiger partial charge on any atom is 0.189 e. The van der Waals surface area contributed by atoms with Crippen LogP contribution in [0.15, 0.2) is 33.3 Å². The van der Waals surface area contributed by atoms with Gasteiger partial charge in [0.2, 0.25) is 0 Å². The molecule has 6 heteroatoms. The smallest absolute Gasteiger partial charge is 0.189 e. The predicted molar refractivity (Wildman–Crippen MR) is 71.7 cm³/mol. The van der Waals surface area contributed by atoms with Crippen molar-refractivity contribution < 1.29 is 0 Å².